The van der Waals surface area contributed by atoms with Crippen LogP contribution in [0.4, 0.5) is 0 Å². The molecule has 1 rings (SSSR count). The molecule has 1 aromatic rings. The Kier molecular flexibility index (Phi) is 0.941. The van der Waals surface area contributed by atoms with Crippen molar-refractivity contribution in [2.45, 2.75) is 0 Å². The molecule has 0 fully saturated rings. The summed E-state index contributed by atoms with van der Waals surface area (Å²) in [6.07, 6.45) is 4.79. The van der Waals surface area contributed by atoms with E-state index in [2.05, 4.69) is 9.97 Å². The van der Waals surface area contributed by atoms with Crippen LogP contribution in [0.2, 0.25) is 0 Å². The van der Waals surface area contributed by atoms with Crippen LogP contribution in [0.15, 0.2) is 12.4 Å². The lowest BCUT2D eigenvalue weighted by molar-refractivity contribution is 1.27. The highest BCUT2D eigenvalue weighted by Crippen LogP contribution is 1.85. The summed E-state index contributed by atoms with van der Waals surface area (Å²) < 4.78 is 0. The fourth-order valence-electron chi connectivity index (χ4n) is 0.369. The number of hydrogen-bond donors (Lipinski definition) is 1. The number of imidazole rings is 1. The van der Waals surface area contributed by atoms with Gasteiger partial charge in [0.15, 0.2) is 0 Å². The van der Waals surface area contributed by atoms with Crippen LogP contribution < -0.4 is 0 Å². The van der Waals surface area contributed by atoms with Gasteiger partial charge in [0.2, 0.25) is 0 Å². The summed E-state index contributed by atoms with van der Waals surface area (Å²) in [5, 5.41) is 0. The third-order valence-electron chi connectivity index (χ3n) is 0.677. The zero-order valence-electron chi connectivity index (χ0n) is 3.76. The summed E-state index contributed by atoms with van der Waals surface area (Å²) in [5.74, 6) is 0.708. The number of nitrogens with zero attached hydrogens (tertiary/aromatic N) is 1. The number of nitrogens with one attached hydrogen (secondary N) is 1. The standard InChI is InChI=1S/C5H5N2/c1-2-5-6-3-4-7-5/h1-4H,(H,6,7). The van der Waals surface area contributed by atoms with Crippen LogP contribution in [0, 0.1) is 6.58 Å². The number of rotatable bonds is 1. The number of aromatic amines is 1. The highest BCUT2D eigenvalue weighted by atomic mass is 14.9. The smallest absolute Gasteiger partial charge is 0.129 e. The zero-order chi connectivity index (χ0) is 5.11. The Morgan fingerprint density at radius 2 is 2.71 bits per heavy atom. The Bertz CT molecular complexity index is 141. The molecule has 0 aromatic carbocycles. The van der Waals surface area contributed by atoms with Crippen LogP contribution in [0.1, 0.15) is 5.82 Å². The molecule has 2 nitrogen and oxygen atoms in total. The molecule has 1 N–H and O–H groups in total. The Morgan fingerprint density at radius 1 is 1.86 bits per heavy atom. The van der Waals surface area contributed by atoms with E-state index in [-0.39, 0.29) is 0 Å². The average molecular weight is 93.1 g/mol. The molecule has 0 saturated carbocycles. The van der Waals surface area contributed by atoms with E-state index in [1.54, 1.807) is 12.4 Å². The van der Waals surface area contributed by atoms with Crippen LogP contribution in [0.5, 0.6) is 0 Å². The lowest BCUT2D eigenvalue weighted by Crippen LogP contribution is -1.68. The molecule has 1 radical (unpaired) electrons. The van der Waals surface area contributed by atoms with Crippen LogP contribution >= 0.6 is 0 Å². The maximum absolute atomic E-state index is 5.08. The molecule has 0 saturated heterocycles. The molecule has 1 heterocycles. The highest BCUT2D eigenvalue weighted by Gasteiger charge is 1.78. The second kappa shape index (κ2) is 1.60. The molecule has 7 heavy (non-hydrogen) atoms. The molecule has 0 aliphatic carbocycles. The van der Waals surface area contributed by atoms with Gasteiger partial charge in [-0.3, -0.25) is 0 Å². The largest absolute Gasteiger partial charge is 0.345 e. The highest BCUT2D eigenvalue weighted by molar-refractivity contribution is 5.32. The van der Waals surface area contributed by atoms with Crippen molar-refractivity contribution in [1.29, 1.82) is 0 Å². The molecule has 0 aliphatic rings. The van der Waals surface area contributed by atoms with E-state index in [9.17, 15) is 0 Å². The van der Waals surface area contributed by atoms with Crippen molar-refractivity contribution < 1.29 is 0 Å². The minimum atomic E-state index is 0.708. The van der Waals surface area contributed by atoms with E-state index in [1.165, 1.54) is 6.08 Å². The van der Waals surface area contributed by atoms with Crippen molar-refractivity contribution in [3.63, 3.8) is 0 Å². The third-order valence-corrected chi connectivity index (χ3v) is 0.677. The summed E-state index contributed by atoms with van der Waals surface area (Å²) in [7, 11) is 0. The molecule has 2 heteroatoms. The first-order valence-corrected chi connectivity index (χ1v) is 1.98. The van der Waals surface area contributed by atoms with E-state index >= 15 is 0 Å². The molecule has 1 aromatic heterocycles. The maximum atomic E-state index is 5.08. The minimum absolute atomic E-state index is 0.708. The lowest BCUT2D eigenvalue weighted by Gasteiger charge is -1.72. The fraction of sp³-hybridized carbons (Fsp3) is 0. The number of H-pyrrole nitrogens is 1. The van der Waals surface area contributed by atoms with Crippen molar-refractivity contribution in [2.75, 3.05) is 0 Å². The molecule has 0 atom stereocenters. The Balaban J connectivity index is 2.96. The van der Waals surface area contributed by atoms with E-state index < -0.39 is 0 Å². The van der Waals surface area contributed by atoms with Gasteiger partial charge in [0.1, 0.15) is 5.82 Å². The van der Waals surface area contributed by atoms with Gasteiger partial charge >= 0.3 is 0 Å². The van der Waals surface area contributed by atoms with Gasteiger partial charge in [-0.25, -0.2) is 4.98 Å². The lowest BCUT2D eigenvalue weighted by atomic mass is 10.6. The van der Waals surface area contributed by atoms with Gasteiger partial charge in [0.25, 0.3) is 0 Å². The SMILES string of the molecule is [CH]=Cc1ncc[nH]1. The summed E-state index contributed by atoms with van der Waals surface area (Å²) in [6.45, 7) is 5.08. The second-order valence-electron chi connectivity index (χ2n) is 1.14. The number of hydrogen-bond acceptors (Lipinski definition) is 1. The van der Waals surface area contributed by atoms with Crippen molar-refractivity contribution >= 4 is 6.08 Å². The van der Waals surface area contributed by atoms with E-state index in [0.717, 1.165) is 0 Å². The first kappa shape index (κ1) is 4.12. The second-order valence-corrected chi connectivity index (χ2v) is 1.14. The van der Waals surface area contributed by atoms with E-state index in [1.807, 2.05) is 0 Å². The quantitative estimate of drug-likeness (QED) is 0.548. The van der Waals surface area contributed by atoms with Gasteiger partial charge in [0.05, 0.1) is 0 Å². The van der Waals surface area contributed by atoms with Crippen LogP contribution in [-0.2, 0) is 0 Å². The first-order valence-electron chi connectivity index (χ1n) is 1.98. The zero-order valence-corrected chi connectivity index (χ0v) is 3.76. The van der Waals surface area contributed by atoms with Gasteiger partial charge < -0.3 is 4.98 Å². The van der Waals surface area contributed by atoms with Gasteiger partial charge in [-0.15, -0.1) is 0 Å². The van der Waals surface area contributed by atoms with Gasteiger partial charge in [0, 0.05) is 12.4 Å². The van der Waals surface area contributed by atoms with Gasteiger partial charge in [-0.2, -0.15) is 0 Å². The van der Waals surface area contributed by atoms with Crippen molar-refractivity contribution in [3.8, 4) is 0 Å². The fourth-order valence-corrected chi connectivity index (χ4v) is 0.369. The van der Waals surface area contributed by atoms with E-state index in [4.69, 9.17) is 6.58 Å². The van der Waals surface area contributed by atoms with Crippen molar-refractivity contribution in [3.05, 3.63) is 24.8 Å². The Labute approximate surface area is 41.9 Å². The molecule has 0 spiro atoms. The van der Waals surface area contributed by atoms with E-state index in [0.29, 0.717) is 5.82 Å². The van der Waals surface area contributed by atoms with Crippen LogP contribution in [-0.4, -0.2) is 9.97 Å². The predicted molar refractivity (Wildman–Crippen MR) is 27.4 cm³/mol. The normalized spacial score (nSPS) is 8.57. The molecule has 0 amide bonds. The van der Waals surface area contributed by atoms with Gasteiger partial charge in [-0.1, -0.05) is 6.58 Å². The molecule has 35 valence electrons. The Hall–Kier alpha value is -1.05. The maximum Gasteiger partial charge on any atom is 0.129 e. The van der Waals surface area contributed by atoms with Crippen LogP contribution in [0.3, 0.4) is 0 Å². The summed E-state index contributed by atoms with van der Waals surface area (Å²) in [6, 6.07) is 0. The monoisotopic (exact) mass is 93.0 g/mol. The molecular weight excluding hydrogens is 88.1 g/mol. The third kappa shape index (κ3) is 0.682. The topological polar surface area (TPSA) is 28.7 Å². The summed E-state index contributed by atoms with van der Waals surface area (Å²) in [4.78, 5) is 6.59. The van der Waals surface area contributed by atoms with Gasteiger partial charge in [-0.05, 0) is 6.08 Å². The minimum Gasteiger partial charge on any atom is -0.345 e. The first-order chi connectivity index (χ1) is 3.43. The molecular formula is C5H5N2. The summed E-state index contributed by atoms with van der Waals surface area (Å²) in [5.41, 5.74) is 0. The summed E-state index contributed by atoms with van der Waals surface area (Å²) >= 11 is 0. The Morgan fingerprint density at radius 3 is 3.00 bits per heavy atom. The molecule has 0 aliphatic heterocycles. The predicted octanol–water partition coefficient (Wildman–Crippen LogP) is 0.856. The molecule has 0 bridgehead atoms. The average Bonchev–Trinajstić information content (AvgIpc) is 2.14. The van der Waals surface area contributed by atoms with Crippen LogP contribution in [0.25, 0.3) is 6.08 Å². The van der Waals surface area contributed by atoms with Crippen molar-refractivity contribution in [2.24, 2.45) is 0 Å². The molecule has 0 unspecified atom stereocenters. The van der Waals surface area contributed by atoms with Crippen molar-refractivity contribution in [1.82, 2.24) is 9.97 Å². The number of aromatic nitrogens is 2.